The molecule has 0 aliphatic heterocycles. The van der Waals surface area contributed by atoms with E-state index in [1.165, 1.54) is 0 Å². The smallest absolute Gasteiger partial charge is 0.287 e. The van der Waals surface area contributed by atoms with Gasteiger partial charge >= 0.3 is 0 Å². The molecule has 1 amide bonds. The third-order valence-electron chi connectivity index (χ3n) is 3.02. The molecule has 0 atom stereocenters. The molecule has 3 aromatic rings. The molecule has 0 saturated heterocycles. The number of para-hydroxylation sites is 1. The Morgan fingerprint density at radius 2 is 1.85 bits per heavy atom. The van der Waals surface area contributed by atoms with Crippen LogP contribution < -0.4 is 5.32 Å². The van der Waals surface area contributed by atoms with Crippen LogP contribution in [0.25, 0.3) is 11.0 Å². The number of nitrogens with one attached hydrogen (secondary N) is 1. The van der Waals surface area contributed by atoms with Crippen LogP contribution in [0.4, 0.5) is 0 Å². The van der Waals surface area contributed by atoms with Crippen LogP contribution in [-0.4, -0.2) is 5.91 Å². The summed E-state index contributed by atoms with van der Waals surface area (Å²) >= 11 is 5.81. The van der Waals surface area contributed by atoms with Crippen LogP contribution in [0.2, 0.25) is 5.02 Å². The predicted molar refractivity (Wildman–Crippen MR) is 78.8 cm³/mol. The first-order valence-corrected chi connectivity index (χ1v) is 6.61. The van der Waals surface area contributed by atoms with Gasteiger partial charge in [-0.15, -0.1) is 0 Å². The number of fused-ring (bicyclic) bond motifs is 1. The summed E-state index contributed by atoms with van der Waals surface area (Å²) in [6.45, 7) is 0.438. The minimum Gasteiger partial charge on any atom is -0.451 e. The third kappa shape index (κ3) is 2.68. The van der Waals surface area contributed by atoms with Crippen molar-refractivity contribution in [2.45, 2.75) is 6.54 Å². The van der Waals surface area contributed by atoms with Gasteiger partial charge in [0.25, 0.3) is 5.91 Å². The first kappa shape index (κ1) is 12.8. The Morgan fingerprint density at radius 1 is 1.10 bits per heavy atom. The number of furan rings is 1. The molecule has 0 radical (unpaired) electrons. The lowest BCUT2D eigenvalue weighted by Gasteiger charge is -2.03. The van der Waals surface area contributed by atoms with E-state index in [1.54, 1.807) is 18.2 Å². The highest BCUT2D eigenvalue weighted by Crippen LogP contribution is 2.18. The van der Waals surface area contributed by atoms with E-state index in [2.05, 4.69) is 5.32 Å². The van der Waals surface area contributed by atoms with Crippen LogP contribution in [-0.2, 0) is 6.54 Å². The van der Waals surface area contributed by atoms with Gasteiger partial charge in [-0.05, 0) is 29.8 Å². The zero-order chi connectivity index (χ0) is 13.9. The molecule has 1 heterocycles. The van der Waals surface area contributed by atoms with Gasteiger partial charge in [0, 0.05) is 17.0 Å². The Bertz CT molecular complexity index is 714. The van der Waals surface area contributed by atoms with Gasteiger partial charge < -0.3 is 9.73 Å². The highest BCUT2D eigenvalue weighted by atomic mass is 35.5. The lowest BCUT2D eigenvalue weighted by atomic mass is 10.2. The lowest BCUT2D eigenvalue weighted by molar-refractivity contribution is 0.0925. The van der Waals surface area contributed by atoms with Crippen molar-refractivity contribution in [3.05, 3.63) is 70.9 Å². The van der Waals surface area contributed by atoms with E-state index in [0.29, 0.717) is 22.9 Å². The standard InChI is InChI=1S/C16H12ClNO2/c17-13-7-5-11(6-8-13)10-18-16(19)15-9-12-3-1-2-4-14(12)20-15/h1-9H,10H2,(H,18,19). The van der Waals surface area contributed by atoms with E-state index < -0.39 is 0 Å². The van der Waals surface area contributed by atoms with Gasteiger partial charge in [-0.25, -0.2) is 0 Å². The molecule has 0 fully saturated rings. The van der Waals surface area contributed by atoms with Crippen LogP contribution in [0.15, 0.2) is 59.0 Å². The third-order valence-corrected chi connectivity index (χ3v) is 3.27. The summed E-state index contributed by atoms with van der Waals surface area (Å²) in [4.78, 5) is 12.0. The molecule has 100 valence electrons. The number of carbonyl (C=O) groups excluding carboxylic acids is 1. The Balaban J connectivity index is 1.71. The summed E-state index contributed by atoms with van der Waals surface area (Å²) in [5.41, 5.74) is 1.70. The molecule has 4 heteroatoms. The van der Waals surface area contributed by atoms with E-state index in [4.69, 9.17) is 16.0 Å². The minimum atomic E-state index is -0.226. The van der Waals surface area contributed by atoms with Crippen molar-refractivity contribution in [3.63, 3.8) is 0 Å². The Morgan fingerprint density at radius 3 is 2.60 bits per heavy atom. The maximum absolute atomic E-state index is 12.0. The number of halogens is 1. The van der Waals surface area contributed by atoms with Gasteiger partial charge in [0.15, 0.2) is 5.76 Å². The first-order chi connectivity index (χ1) is 9.72. The summed E-state index contributed by atoms with van der Waals surface area (Å²) in [6.07, 6.45) is 0. The summed E-state index contributed by atoms with van der Waals surface area (Å²) in [6, 6.07) is 16.6. The first-order valence-electron chi connectivity index (χ1n) is 6.23. The van der Waals surface area contributed by atoms with Crippen molar-refractivity contribution in [3.8, 4) is 0 Å². The van der Waals surface area contributed by atoms with Crippen molar-refractivity contribution in [2.75, 3.05) is 0 Å². The Hall–Kier alpha value is -2.26. The molecule has 1 aromatic heterocycles. The van der Waals surface area contributed by atoms with Gasteiger partial charge in [-0.2, -0.15) is 0 Å². The quantitative estimate of drug-likeness (QED) is 0.790. The highest BCUT2D eigenvalue weighted by Gasteiger charge is 2.11. The monoisotopic (exact) mass is 285 g/mol. The second kappa shape index (κ2) is 5.39. The number of hydrogen-bond donors (Lipinski definition) is 1. The summed E-state index contributed by atoms with van der Waals surface area (Å²) in [5.74, 6) is 0.0938. The molecule has 0 aliphatic carbocycles. The van der Waals surface area contributed by atoms with Gasteiger partial charge in [0.05, 0.1) is 0 Å². The molecule has 0 saturated carbocycles. The fourth-order valence-electron chi connectivity index (χ4n) is 1.97. The molecule has 2 aromatic carbocycles. The minimum absolute atomic E-state index is 0.226. The van der Waals surface area contributed by atoms with E-state index in [0.717, 1.165) is 10.9 Å². The van der Waals surface area contributed by atoms with Crippen LogP contribution in [0.3, 0.4) is 0 Å². The van der Waals surface area contributed by atoms with E-state index >= 15 is 0 Å². The molecule has 3 nitrogen and oxygen atoms in total. The fraction of sp³-hybridized carbons (Fsp3) is 0.0625. The normalized spacial score (nSPS) is 10.7. The van der Waals surface area contributed by atoms with Crippen LogP contribution >= 0.6 is 11.6 Å². The number of hydrogen-bond acceptors (Lipinski definition) is 2. The van der Waals surface area contributed by atoms with Crippen molar-refractivity contribution < 1.29 is 9.21 Å². The fourth-order valence-corrected chi connectivity index (χ4v) is 2.09. The zero-order valence-corrected chi connectivity index (χ0v) is 11.4. The van der Waals surface area contributed by atoms with E-state index in [-0.39, 0.29) is 5.91 Å². The predicted octanol–water partition coefficient (Wildman–Crippen LogP) is 4.02. The van der Waals surface area contributed by atoms with E-state index in [9.17, 15) is 4.79 Å². The van der Waals surface area contributed by atoms with Crippen molar-refractivity contribution in [1.82, 2.24) is 5.32 Å². The molecule has 0 aliphatic rings. The number of amides is 1. The molecular formula is C16H12ClNO2. The summed E-state index contributed by atoms with van der Waals surface area (Å²) < 4.78 is 5.50. The molecule has 0 unspecified atom stereocenters. The maximum atomic E-state index is 12.0. The van der Waals surface area contributed by atoms with Gasteiger partial charge in [-0.1, -0.05) is 41.9 Å². The molecule has 1 N–H and O–H groups in total. The van der Waals surface area contributed by atoms with Crippen molar-refractivity contribution in [2.24, 2.45) is 0 Å². The van der Waals surface area contributed by atoms with Crippen molar-refractivity contribution >= 4 is 28.5 Å². The SMILES string of the molecule is O=C(NCc1ccc(Cl)cc1)c1cc2ccccc2o1. The lowest BCUT2D eigenvalue weighted by Crippen LogP contribution is -2.22. The highest BCUT2D eigenvalue weighted by molar-refractivity contribution is 6.30. The maximum Gasteiger partial charge on any atom is 0.287 e. The number of benzene rings is 2. The molecular weight excluding hydrogens is 274 g/mol. The summed E-state index contributed by atoms with van der Waals surface area (Å²) in [7, 11) is 0. The molecule has 20 heavy (non-hydrogen) atoms. The topological polar surface area (TPSA) is 42.2 Å². The van der Waals surface area contributed by atoms with Gasteiger partial charge in [-0.3, -0.25) is 4.79 Å². The number of rotatable bonds is 3. The van der Waals surface area contributed by atoms with E-state index in [1.807, 2.05) is 36.4 Å². The number of carbonyl (C=O) groups is 1. The Kier molecular flexibility index (Phi) is 3.44. The van der Waals surface area contributed by atoms with Crippen LogP contribution in [0.1, 0.15) is 16.1 Å². The Labute approximate surface area is 121 Å². The molecule has 0 spiro atoms. The van der Waals surface area contributed by atoms with Crippen LogP contribution in [0.5, 0.6) is 0 Å². The summed E-state index contributed by atoms with van der Waals surface area (Å²) in [5, 5.41) is 4.42. The second-order valence-electron chi connectivity index (χ2n) is 4.46. The van der Waals surface area contributed by atoms with Gasteiger partial charge in [0.2, 0.25) is 0 Å². The largest absolute Gasteiger partial charge is 0.451 e. The second-order valence-corrected chi connectivity index (χ2v) is 4.89. The zero-order valence-electron chi connectivity index (χ0n) is 10.6. The average Bonchev–Trinajstić information content (AvgIpc) is 2.90. The molecule has 3 rings (SSSR count). The van der Waals surface area contributed by atoms with Crippen molar-refractivity contribution in [1.29, 1.82) is 0 Å². The van der Waals surface area contributed by atoms with Gasteiger partial charge in [0.1, 0.15) is 5.58 Å². The average molecular weight is 286 g/mol. The molecule has 0 bridgehead atoms. The van der Waals surface area contributed by atoms with Crippen LogP contribution in [0, 0.1) is 0 Å².